The highest BCUT2D eigenvalue weighted by molar-refractivity contribution is 7.10. The molecule has 10 heteroatoms. The summed E-state index contributed by atoms with van der Waals surface area (Å²) in [6.45, 7) is 0.480. The summed E-state index contributed by atoms with van der Waals surface area (Å²) in [5.41, 5.74) is 2.77. The first-order chi connectivity index (χ1) is 15.3. The number of Topliss-reactive ketones (excluding diaryl/α,β-unsaturated/α-hetero) is 1. The summed E-state index contributed by atoms with van der Waals surface area (Å²) >= 11 is 1.39. The number of benzene rings is 1. The molecule has 1 fully saturated rings. The summed E-state index contributed by atoms with van der Waals surface area (Å²) in [6.07, 6.45) is -0.373. The van der Waals surface area contributed by atoms with Crippen molar-refractivity contribution < 1.29 is 24.3 Å². The topological polar surface area (TPSA) is 119 Å². The summed E-state index contributed by atoms with van der Waals surface area (Å²) in [4.78, 5) is 52.8. The fourth-order valence-electron chi connectivity index (χ4n) is 3.99. The fraction of sp³-hybridized carbons (Fsp3) is 0.364. The molecule has 32 heavy (non-hydrogen) atoms. The second kappa shape index (κ2) is 8.81. The molecule has 9 nitrogen and oxygen atoms in total. The third-order valence-electron chi connectivity index (χ3n) is 5.82. The van der Waals surface area contributed by atoms with E-state index in [1.807, 2.05) is 19.0 Å². The van der Waals surface area contributed by atoms with Crippen LogP contribution in [-0.2, 0) is 27.5 Å². The summed E-state index contributed by atoms with van der Waals surface area (Å²) in [5.74, 6) is -2.03. The van der Waals surface area contributed by atoms with E-state index in [0.29, 0.717) is 24.1 Å². The van der Waals surface area contributed by atoms with Crippen LogP contribution in [0.4, 0.5) is 5.69 Å². The van der Waals surface area contributed by atoms with Crippen molar-refractivity contribution in [3.63, 3.8) is 0 Å². The number of aliphatic hydroxyl groups excluding tert-OH is 1. The molecular formula is C22H24N4O5S. The van der Waals surface area contributed by atoms with Gasteiger partial charge < -0.3 is 15.3 Å². The van der Waals surface area contributed by atoms with Crippen molar-refractivity contribution in [3.05, 3.63) is 51.2 Å². The van der Waals surface area contributed by atoms with E-state index in [1.165, 1.54) is 11.3 Å². The van der Waals surface area contributed by atoms with Crippen LogP contribution in [-0.4, -0.2) is 53.6 Å². The third kappa shape index (κ3) is 4.16. The van der Waals surface area contributed by atoms with Crippen molar-refractivity contribution in [1.29, 1.82) is 0 Å². The van der Waals surface area contributed by atoms with E-state index < -0.39 is 29.9 Å². The zero-order valence-corrected chi connectivity index (χ0v) is 18.6. The van der Waals surface area contributed by atoms with Gasteiger partial charge in [-0.05, 0) is 41.6 Å². The first kappa shape index (κ1) is 22.1. The van der Waals surface area contributed by atoms with E-state index in [0.717, 1.165) is 16.1 Å². The average Bonchev–Trinajstić information content (AvgIpc) is 3.31. The van der Waals surface area contributed by atoms with Crippen molar-refractivity contribution in [2.75, 3.05) is 19.0 Å². The Bertz CT molecular complexity index is 1080. The van der Waals surface area contributed by atoms with E-state index in [-0.39, 0.29) is 18.9 Å². The zero-order valence-electron chi connectivity index (χ0n) is 17.8. The molecule has 0 radical (unpaired) electrons. The highest BCUT2D eigenvalue weighted by atomic mass is 32.1. The maximum Gasteiger partial charge on any atom is 0.292 e. The number of piperidine rings is 1. The fourth-order valence-corrected chi connectivity index (χ4v) is 5.01. The van der Waals surface area contributed by atoms with Crippen LogP contribution in [0.1, 0.15) is 45.4 Å². The number of nitrogens with zero attached hydrogens (tertiary/aromatic N) is 2. The van der Waals surface area contributed by atoms with Crippen LogP contribution < -0.4 is 15.5 Å². The van der Waals surface area contributed by atoms with Gasteiger partial charge in [0.1, 0.15) is 6.23 Å². The number of carbonyl (C=O) groups is 4. The van der Waals surface area contributed by atoms with Gasteiger partial charge in [-0.3, -0.25) is 29.4 Å². The number of carbonyl (C=O) groups excluding carboxylic acids is 4. The van der Waals surface area contributed by atoms with Crippen LogP contribution in [0.2, 0.25) is 0 Å². The zero-order chi connectivity index (χ0) is 23.0. The highest BCUT2D eigenvalue weighted by Gasteiger charge is 2.41. The Hall–Kier alpha value is -3.08. The molecule has 0 aliphatic carbocycles. The van der Waals surface area contributed by atoms with Gasteiger partial charge >= 0.3 is 0 Å². The Morgan fingerprint density at radius 1 is 1.25 bits per heavy atom. The standard InChI is InChI=1S/C22H24N4O5S/c1-25(2)13-5-3-12(4-6-13)19(28)21(30)23-9-17-14-10-26(22(31)15(14)11-32-17)16-7-8-18(27)24-20(16)29/h3-6,11,16,22,31H,7-10H2,1-2H3,(H,23,30)(H,24,27,29). The number of hydrogen-bond acceptors (Lipinski definition) is 8. The van der Waals surface area contributed by atoms with Gasteiger partial charge in [-0.15, -0.1) is 11.3 Å². The Balaban J connectivity index is 1.40. The van der Waals surface area contributed by atoms with Gasteiger partial charge in [0.25, 0.3) is 5.91 Å². The largest absolute Gasteiger partial charge is 0.378 e. The molecule has 1 aromatic carbocycles. The lowest BCUT2D eigenvalue weighted by Crippen LogP contribution is -2.51. The molecule has 2 aliphatic rings. The summed E-state index contributed by atoms with van der Waals surface area (Å²) in [7, 11) is 3.78. The molecule has 168 valence electrons. The van der Waals surface area contributed by atoms with Crippen molar-refractivity contribution in [2.24, 2.45) is 0 Å². The second-order valence-electron chi connectivity index (χ2n) is 8.06. The molecule has 2 atom stereocenters. The van der Waals surface area contributed by atoms with Gasteiger partial charge in [-0.1, -0.05) is 0 Å². The number of ketones is 1. The predicted molar refractivity (Wildman–Crippen MR) is 118 cm³/mol. The third-order valence-corrected chi connectivity index (χ3v) is 6.87. The van der Waals surface area contributed by atoms with Crippen LogP contribution >= 0.6 is 11.3 Å². The molecule has 3 amide bonds. The van der Waals surface area contributed by atoms with Gasteiger partial charge in [-0.2, -0.15) is 0 Å². The Morgan fingerprint density at radius 2 is 1.97 bits per heavy atom. The van der Waals surface area contributed by atoms with Gasteiger partial charge in [0.2, 0.25) is 17.6 Å². The van der Waals surface area contributed by atoms with Crippen molar-refractivity contribution in [3.8, 4) is 0 Å². The van der Waals surface area contributed by atoms with Crippen molar-refractivity contribution in [2.45, 2.75) is 38.2 Å². The van der Waals surface area contributed by atoms with E-state index in [4.69, 9.17) is 0 Å². The Labute approximate surface area is 189 Å². The smallest absolute Gasteiger partial charge is 0.292 e. The number of aliphatic hydroxyl groups is 1. The molecule has 4 rings (SSSR count). The minimum Gasteiger partial charge on any atom is -0.378 e. The van der Waals surface area contributed by atoms with Gasteiger partial charge in [0, 0.05) is 48.8 Å². The van der Waals surface area contributed by atoms with Crippen molar-refractivity contribution in [1.82, 2.24) is 15.5 Å². The quantitative estimate of drug-likeness (QED) is 0.336. The van der Waals surface area contributed by atoms with Gasteiger partial charge in [0.05, 0.1) is 12.6 Å². The predicted octanol–water partition coefficient (Wildman–Crippen LogP) is 0.925. The lowest BCUT2D eigenvalue weighted by Gasteiger charge is -2.31. The number of fused-ring (bicyclic) bond motifs is 1. The SMILES string of the molecule is CN(C)c1ccc(C(=O)C(=O)NCc2scc3c2CN(C2CCC(=O)NC2=O)C3O)cc1. The monoisotopic (exact) mass is 456 g/mol. The molecule has 1 saturated heterocycles. The average molecular weight is 457 g/mol. The van der Waals surface area contributed by atoms with E-state index in [9.17, 15) is 24.3 Å². The van der Waals surface area contributed by atoms with E-state index >= 15 is 0 Å². The number of amides is 3. The van der Waals surface area contributed by atoms with Crippen LogP contribution in [0.5, 0.6) is 0 Å². The maximum absolute atomic E-state index is 12.4. The molecule has 3 N–H and O–H groups in total. The van der Waals surface area contributed by atoms with Gasteiger partial charge in [-0.25, -0.2) is 0 Å². The Morgan fingerprint density at radius 3 is 2.62 bits per heavy atom. The minimum atomic E-state index is -0.952. The summed E-state index contributed by atoms with van der Waals surface area (Å²) in [6, 6.07) is 6.20. The van der Waals surface area contributed by atoms with Gasteiger partial charge in [0.15, 0.2) is 0 Å². The first-order valence-corrected chi connectivity index (χ1v) is 11.1. The molecule has 3 heterocycles. The van der Waals surface area contributed by atoms with Crippen molar-refractivity contribution >= 4 is 40.5 Å². The van der Waals surface area contributed by atoms with E-state index in [1.54, 1.807) is 34.5 Å². The number of hydrogen-bond donors (Lipinski definition) is 3. The molecule has 2 unspecified atom stereocenters. The van der Waals surface area contributed by atoms with Crippen LogP contribution in [0.15, 0.2) is 29.6 Å². The molecule has 0 saturated carbocycles. The molecule has 2 aromatic rings. The number of nitrogens with one attached hydrogen (secondary N) is 2. The highest BCUT2D eigenvalue weighted by Crippen LogP contribution is 2.40. The molecule has 2 aliphatic heterocycles. The minimum absolute atomic E-state index is 0.149. The molecular weight excluding hydrogens is 432 g/mol. The first-order valence-electron chi connectivity index (χ1n) is 10.2. The summed E-state index contributed by atoms with van der Waals surface area (Å²) in [5, 5.41) is 17.5. The van der Waals surface area contributed by atoms with Crippen LogP contribution in [0.25, 0.3) is 0 Å². The normalized spacial score (nSPS) is 20.6. The lowest BCUT2D eigenvalue weighted by atomic mass is 10.0. The van der Waals surface area contributed by atoms with E-state index in [2.05, 4.69) is 10.6 Å². The molecule has 0 bridgehead atoms. The number of anilines is 1. The van der Waals surface area contributed by atoms with Crippen LogP contribution in [0.3, 0.4) is 0 Å². The summed E-state index contributed by atoms with van der Waals surface area (Å²) < 4.78 is 0. The maximum atomic E-state index is 12.4. The molecule has 1 aromatic heterocycles. The number of thiophene rings is 1. The Kier molecular flexibility index (Phi) is 6.09. The number of imide groups is 1. The second-order valence-corrected chi connectivity index (χ2v) is 9.02. The molecule has 0 spiro atoms. The lowest BCUT2D eigenvalue weighted by molar-refractivity contribution is -0.141. The number of rotatable bonds is 6. The van der Waals surface area contributed by atoms with Crippen LogP contribution in [0, 0.1) is 0 Å².